The van der Waals surface area contributed by atoms with Crippen molar-refractivity contribution in [1.29, 1.82) is 0 Å². The number of cyclic esters (lactones) is 1. The van der Waals surface area contributed by atoms with Gasteiger partial charge in [0, 0.05) is 18.7 Å². The Hall–Kier alpha value is -2.19. The summed E-state index contributed by atoms with van der Waals surface area (Å²) in [4.78, 5) is 29.5. The van der Waals surface area contributed by atoms with Crippen LogP contribution >= 0.6 is 0 Å². The first-order valence-corrected chi connectivity index (χ1v) is 10.0. The van der Waals surface area contributed by atoms with Crippen LogP contribution in [0.1, 0.15) is 63.4 Å². The number of carbonyl (C=O) groups is 2. The molecule has 3 heterocycles. The Kier molecular flexibility index (Phi) is 6.43. The summed E-state index contributed by atoms with van der Waals surface area (Å²) in [5.74, 6) is -2.34. The summed E-state index contributed by atoms with van der Waals surface area (Å²) in [6.07, 6.45) is 3.28. The fraction of sp³-hybridized carbons (Fsp3) is 0.667. The highest BCUT2D eigenvalue weighted by molar-refractivity contribution is 5.99. The molecule has 29 heavy (non-hydrogen) atoms. The van der Waals surface area contributed by atoms with E-state index in [0.29, 0.717) is 6.42 Å². The van der Waals surface area contributed by atoms with Crippen molar-refractivity contribution in [3.63, 3.8) is 0 Å². The lowest BCUT2D eigenvalue weighted by Crippen LogP contribution is -2.39. The van der Waals surface area contributed by atoms with Gasteiger partial charge in [0.15, 0.2) is 28.8 Å². The Balaban J connectivity index is 1.72. The van der Waals surface area contributed by atoms with Crippen molar-refractivity contribution in [2.24, 2.45) is 5.92 Å². The van der Waals surface area contributed by atoms with Crippen LogP contribution in [0.25, 0.3) is 0 Å². The standard InChI is InChI=1S/C21H29NO7/c1-12-19-16(28-21(2,3)29-19)8-6-5-7-13(20(25)27-12)11-14(23)17-18(24)15(26-4)9-10-22-17/h9-10,12-13,16,19,24H,5-8,11H2,1-4H3/t12-,13+,16-,19-/m0/s1. The van der Waals surface area contributed by atoms with E-state index < -0.39 is 29.6 Å². The van der Waals surface area contributed by atoms with E-state index in [2.05, 4.69) is 4.98 Å². The summed E-state index contributed by atoms with van der Waals surface area (Å²) in [7, 11) is 1.40. The number of nitrogens with zero attached hydrogens (tertiary/aromatic N) is 1. The van der Waals surface area contributed by atoms with Gasteiger partial charge in [-0.05, 0) is 33.6 Å². The van der Waals surface area contributed by atoms with Crippen molar-refractivity contribution in [2.75, 3.05) is 7.11 Å². The van der Waals surface area contributed by atoms with E-state index in [-0.39, 0.29) is 35.8 Å². The molecule has 0 radical (unpaired) electrons. The summed E-state index contributed by atoms with van der Waals surface area (Å²) >= 11 is 0. The van der Waals surface area contributed by atoms with E-state index in [0.717, 1.165) is 19.3 Å². The third-order valence-corrected chi connectivity index (χ3v) is 5.41. The van der Waals surface area contributed by atoms with E-state index in [1.165, 1.54) is 19.4 Å². The highest BCUT2D eigenvalue weighted by atomic mass is 16.8. The van der Waals surface area contributed by atoms with E-state index in [4.69, 9.17) is 18.9 Å². The molecule has 3 rings (SSSR count). The lowest BCUT2D eigenvalue weighted by atomic mass is 9.92. The zero-order chi connectivity index (χ0) is 21.2. The Morgan fingerprint density at radius 2 is 2.03 bits per heavy atom. The molecule has 160 valence electrons. The van der Waals surface area contributed by atoms with Gasteiger partial charge in [-0.15, -0.1) is 0 Å². The highest BCUT2D eigenvalue weighted by Gasteiger charge is 2.45. The Morgan fingerprint density at radius 3 is 2.76 bits per heavy atom. The fourth-order valence-electron chi connectivity index (χ4n) is 4.00. The zero-order valence-electron chi connectivity index (χ0n) is 17.3. The summed E-state index contributed by atoms with van der Waals surface area (Å²) in [5, 5.41) is 10.2. The molecule has 1 aromatic heterocycles. The third kappa shape index (κ3) is 4.87. The van der Waals surface area contributed by atoms with Crippen LogP contribution in [-0.2, 0) is 19.0 Å². The molecule has 0 aliphatic carbocycles. The van der Waals surface area contributed by atoms with Gasteiger partial charge in [-0.1, -0.05) is 12.8 Å². The number of methoxy groups -OCH3 is 1. The van der Waals surface area contributed by atoms with Crippen LogP contribution in [0.2, 0.25) is 0 Å². The van der Waals surface area contributed by atoms with Crippen molar-refractivity contribution >= 4 is 11.8 Å². The van der Waals surface area contributed by atoms with Gasteiger partial charge in [0.2, 0.25) is 0 Å². The molecule has 2 saturated heterocycles. The van der Waals surface area contributed by atoms with Crippen LogP contribution in [0, 0.1) is 5.92 Å². The van der Waals surface area contributed by atoms with Crippen molar-refractivity contribution in [3.8, 4) is 11.5 Å². The van der Waals surface area contributed by atoms with Gasteiger partial charge >= 0.3 is 5.97 Å². The fourth-order valence-corrected chi connectivity index (χ4v) is 4.00. The van der Waals surface area contributed by atoms with Crippen LogP contribution in [-0.4, -0.2) is 53.1 Å². The van der Waals surface area contributed by atoms with E-state index in [1.54, 1.807) is 6.92 Å². The van der Waals surface area contributed by atoms with Gasteiger partial charge in [-0.2, -0.15) is 0 Å². The predicted molar refractivity (Wildman–Crippen MR) is 103 cm³/mol. The summed E-state index contributed by atoms with van der Waals surface area (Å²) < 4.78 is 22.6. The summed E-state index contributed by atoms with van der Waals surface area (Å²) in [5.41, 5.74) is -0.100. The number of aromatic nitrogens is 1. The van der Waals surface area contributed by atoms with Crippen molar-refractivity contribution in [3.05, 3.63) is 18.0 Å². The topological polar surface area (TPSA) is 104 Å². The van der Waals surface area contributed by atoms with E-state index in [9.17, 15) is 14.7 Å². The average molecular weight is 407 g/mol. The van der Waals surface area contributed by atoms with Gasteiger partial charge < -0.3 is 24.1 Å². The molecule has 4 atom stereocenters. The quantitative estimate of drug-likeness (QED) is 0.600. The molecule has 2 fully saturated rings. The number of fused-ring (bicyclic) bond motifs is 1. The van der Waals surface area contributed by atoms with Gasteiger partial charge in [0.05, 0.1) is 19.1 Å². The number of hydrogen-bond acceptors (Lipinski definition) is 8. The number of pyridine rings is 1. The molecule has 0 bridgehead atoms. The second-order valence-corrected chi connectivity index (χ2v) is 8.10. The first kappa shape index (κ1) is 21.5. The van der Waals surface area contributed by atoms with Gasteiger partial charge in [-0.25, -0.2) is 4.98 Å². The maximum atomic E-state index is 12.8. The van der Waals surface area contributed by atoms with Crippen LogP contribution in [0.15, 0.2) is 12.3 Å². The highest BCUT2D eigenvalue weighted by Crippen LogP contribution is 2.35. The monoisotopic (exact) mass is 407 g/mol. The lowest BCUT2D eigenvalue weighted by Gasteiger charge is -2.27. The number of Topliss-reactive ketones (excluding diaryl/α,β-unsaturated/α-hetero) is 1. The second kappa shape index (κ2) is 8.67. The first-order chi connectivity index (χ1) is 13.7. The van der Waals surface area contributed by atoms with Crippen LogP contribution in [0.4, 0.5) is 0 Å². The normalized spacial score (nSPS) is 29.6. The van der Waals surface area contributed by atoms with Gasteiger partial charge in [0.25, 0.3) is 0 Å². The molecule has 2 aliphatic heterocycles. The molecular weight excluding hydrogens is 378 g/mol. The molecule has 8 heteroatoms. The van der Waals surface area contributed by atoms with E-state index >= 15 is 0 Å². The summed E-state index contributed by atoms with van der Waals surface area (Å²) in [6, 6.07) is 1.47. The minimum absolute atomic E-state index is 0.0871. The lowest BCUT2D eigenvalue weighted by molar-refractivity contribution is -0.172. The molecule has 0 spiro atoms. The largest absolute Gasteiger partial charge is 0.503 e. The minimum Gasteiger partial charge on any atom is -0.503 e. The Labute approximate surface area is 170 Å². The van der Waals surface area contributed by atoms with Crippen molar-refractivity contribution < 1.29 is 33.6 Å². The number of carbonyl (C=O) groups excluding carboxylic acids is 2. The maximum absolute atomic E-state index is 12.8. The number of rotatable bonds is 4. The second-order valence-electron chi connectivity index (χ2n) is 8.10. The van der Waals surface area contributed by atoms with Crippen LogP contribution < -0.4 is 4.74 Å². The zero-order valence-corrected chi connectivity index (χ0v) is 17.3. The third-order valence-electron chi connectivity index (χ3n) is 5.41. The first-order valence-electron chi connectivity index (χ1n) is 10.0. The van der Waals surface area contributed by atoms with Crippen molar-refractivity contribution in [2.45, 2.75) is 77.0 Å². The van der Waals surface area contributed by atoms with Crippen LogP contribution in [0.5, 0.6) is 11.5 Å². The minimum atomic E-state index is -0.713. The number of hydrogen-bond donors (Lipinski definition) is 1. The van der Waals surface area contributed by atoms with Gasteiger partial charge in [-0.3, -0.25) is 9.59 Å². The molecule has 0 aromatic carbocycles. The molecule has 2 aliphatic rings. The molecule has 1 N–H and O–H groups in total. The smallest absolute Gasteiger partial charge is 0.309 e. The number of ketones is 1. The molecule has 8 nitrogen and oxygen atoms in total. The van der Waals surface area contributed by atoms with E-state index in [1.807, 2.05) is 13.8 Å². The average Bonchev–Trinajstić information content (AvgIpc) is 2.98. The summed E-state index contributed by atoms with van der Waals surface area (Å²) in [6.45, 7) is 5.49. The molecule has 0 saturated carbocycles. The number of aromatic hydroxyl groups is 1. The number of esters is 1. The molecule has 0 unspecified atom stereocenters. The Morgan fingerprint density at radius 1 is 1.31 bits per heavy atom. The SMILES string of the molecule is COc1ccnc(C(=O)C[C@H]2CCCC[C@@H]3OC(C)(C)O[C@H]3[C@H](C)OC2=O)c1O. The Bertz CT molecular complexity index is 763. The van der Waals surface area contributed by atoms with Crippen LogP contribution in [0.3, 0.4) is 0 Å². The van der Waals surface area contributed by atoms with Crippen molar-refractivity contribution in [1.82, 2.24) is 4.98 Å². The van der Waals surface area contributed by atoms with Gasteiger partial charge in [0.1, 0.15) is 12.2 Å². The molecule has 0 amide bonds. The molecule has 1 aromatic rings. The number of ether oxygens (including phenoxy) is 4. The molecular formula is C21H29NO7. The predicted octanol–water partition coefficient (Wildman–Crippen LogP) is 3.01. The maximum Gasteiger partial charge on any atom is 0.309 e.